The van der Waals surface area contributed by atoms with Crippen LogP contribution in [-0.4, -0.2) is 6.16 Å². The second kappa shape index (κ2) is 11.4. The monoisotopic (exact) mass is 492 g/mol. The van der Waals surface area contributed by atoms with E-state index in [0.717, 1.165) is 6.16 Å². The molecule has 4 aromatic rings. The third-order valence-corrected chi connectivity index (χ3v) is 11.2. The van der Waals surface area contributed by atoms with E-state index in [4.69, 9.17) is 0 Å². The largest absolute Gasteiger partial charge is 0.0926 e. The second-order valence-corrected chi connectivity index (χ2v) is 13.4. The van der Waals surface area contributed by atoms with Gasteiger partial charge in [-0.2, -0.15) is 0 Å². The first-order chi connectivity index (χ1) is 16.8. The molecule has 35 heavy (non-hydrogen) atoms. The molecule has 0 aliphatic carbocycles. The summed E-state index contributed by atoms with van der Waals surface area (Å²) in [5.41, 5.74) is 12.0. The number of rotatable bonds is 5. The van der Waals surface area contributed by atoms with Crippen LogP contribution in [0.25, 0.3) is 0 Å². The topological polar surface area (TPSA) is 0 Å². The van der Waals surface area contributed by atoms with E-state index in [1.807, 2.05) is 0 Å². The van der Waals surface area contributed by atoms with Crippen molar-refractivity contribution in [3.05, 3.63) is 118 Å². The van der Waals surface area contributed by atoms with Gasteiger partial charge in [0, 0.05) is 14.1 Å². The van der Waals surface area contributed by atoms with E-state index in [9.17, 15) is 0 Å². The van der Waals surface area contributed by atoms with Crippen LogP contribution in [-0.2, 0) is 0 Å². The number of aryl methyl sites for hydroxylation is 6. The first-order valence-corrected chi connectivity index (χ1v) is 15.0. The Balaban J connectivity index is 1.81. The zero-order chi connectivity index (χ0) is 24.9. The van der Waals surface area contributed by atoms with Gasteiger partial charge in [0.15, 0.2) is 0 Å². The maximum absolute atomic E-state index is 3.75. The summed E-state index contributed by atoms with van der Waals surface area (Å²) in [6, 6.07) is 30.9. The highest BCUT2D eigenvalue weighted by Crippen LogP contribution is 2.39. The zero-order valence-electron chi connectivity index (χ0n) is 21.7. The van der Waals surface area contributed by atoms with Gasteiger partial charge in [-0.25, -0.2) is 0 Å². The zero-order valence-corrected chi connectivity index (χ0v) is 23.5. The van der Waals surface area contributed by atoms with E-state index in [2.05, 4.69) is 138 Å². The Bertz CT molecular complexity index is 1230. The van der Waals surface area contributed by atoms with Crippen molar-refractivity contribution in [2.24, 2.45) is 0 Å². The lowest BCUT2D eigenvalue weighted by Crippen LogP contribution is -2.23. The summed E-state index contributed by atoms with van der Waals surface area (Å²) in [5, 5.41) is 5.63. The molecule has 0 radical (unpaired) electrons. The van der Waals surface area contributed by atoms with Crippen molar-refractivity contribution in [1.82, 2.24) is 0 Å². The Morgan fingerprint density at radius 3 is 1.29 bits per heavy atom. The molecule has 0 aliphatic heterocycles. The van der Waals surface area contributed by atoms with Crippen LogP contribution >= 0.6 is 15.8 Å². The van der Waals surface area contributed by atoms with Crippen molar-refractivity contribution in [2.45, 2.75) is 41.5 Å². The van der Waals surface area contributed by atoms with Crippen LogP contribution < -0.4 is 21.2 Å². The molecule has 4 rings (SSSR count). The third-order valence-electron chi connectivity index (χ3n) is 6.27. The van der Waals surface area contributed by atoms with Crippen LogP contribution in [0.5, 0.6) is 0 Å². The molecule has 0 unspecified atom stereocenters. The molecule has 0 aliphatic rings. The molecule has 0 nitrogen and oxygen atoms in total. The highest BCUT2D eigenvalue weighted by Gasteiger charge is 2.22. The summed E-state index contributed by atoms with van der Waals surface area (Å²) in [6.45, 7) is 13.5. The fourth-order valence-electron chi connectivity index (χ4n) is 5.09. The molecule has 0 aromatic heterocycles. The summed E-state index contributed by atoms with van der Waals surface area (Å²) in [7, 11) is -1.30. The molecule has 0 N–H and O–H groups in total. The summed E-state index contributed by atoms with van der Waals surface area (Å²) < 4.78 is 0. The Morgan fingerprint density at radius 1 is 0.543 bits per heavy atom. The van der Waals surface area contributed by atoms with Gasteiger partial charge >= 0.3 is 0 Å². The molecule has 0 atom stereocenters. The third kappa shape index (κ3) is 5.93. The molecule has 0 heterocycles. The Hall–Kier alpha value is -2.70. The molecular formula is C33H34P2. The van der Waals surface area contributed by atoms with Gasteiger partial charge in [0.25, 0.3) is 0 Å². The minimum absolute atomic E-state index is 0.591. The predicted molar refractivity (Wildman–Crippen MR) is 159 cm³/mol. The maximum atomic E-state index is 3.75. The smallest absolute Gasteiger partial charge is 0.0376 e. The SMILES string of the molecule is Cc1cc(C)c(P(CC#CP(c2ccccc2)c2ccccc2)c2c(C)cc(C)cc2C)c(C)c1. The van der Waals surface area contributed by atoms with Crippen molar-refractivity contribution < 1.29 is 0 Å². The van der Waals surface area contributed by atoms with Gasteiger partial charge in [-0.3, -0.25) is 0 Å². The van der Waals surface area contributed by atoms with Crippen LogP contribution in [0.4, 0.5) is 0 Å². The van der Waals surface area contributed by atoms with Crippen molar-refractivity contribution in [3.63, 3.8) is 0 Å². The van der Waals surface area contributed by atoms with Gasteiger partial charge in [-0.1, -0.05) is 108 Å². The van der Waals surface area contributed by atoms with Crippen LogP contribution in [0, 0.1) is 53.1 Å². The quantitative estimate of drug-likeness (QED) is 0.207. The van der Waals surface area contributed by atoms with Gasteiger partial charge in [0.1, 0.15) is 0 Å². The molecule has 4 aromatic carbocycles. The molecule has 0 amide bonds. The summed E-state index contributed by atoms with van der Waals surface area (Å²) in [6.07, 6.45) is 0.878. The minimum Gasteiger partial charge on any atom is -0.0926 e. The van der Waals surface area contributed by atoms with Gasteiger partial charge < -0.3 is 0 Å². The van der Waals surface area contributed by atoms with Crippen molar-refractivity contribution in [3.8, 4) is 11.6 Å². The molecule has 2 heteroatoms. The van der Waals surface area contributed by atoms with E-state index < -0.39 is 15.8 Å². The van der Waals surface area contributed by atoms with E-state index in [1.54, 1.807) is 0 Å². The second-order valence-electron chi connectivity index (χ2n) is 9.38. The number of hydrogen-bond acceptors (Lipinski definition) is 0. The normalized spacial score (nSPS) is 11.0. The minimum atomic E-state index is -0.711. The van der Waals surface area contributed by atoms with Crippen LogP contribution in [0.3, 0.4) is 0 Å². The molecule has 0 saturated carbocycles. The maximum Gasteiger partial charge on any atom is 0.0376 e. The van der Waals surface area contributed by atoms with E-state index >= 15 is 0 Å². The predicted octanol–water partition coefficient (Wildman–Crippen LogP) is 7.06. The molecule has 0 bridgehead atoms. The lowest BCUT2D eigenvalue weighted by molar-refractivity contribution is 1.34. The number of benzene rings is 4. The summed E-state index contributed by atoms with van der Waals surface area (Å²) in [5.74, 6) is 3.73. The average molecular weight is 493 g/mol. The Morgan fingerprint density at radius 2 is 0.914 bits per heavy atom. The molecular weight excluding hydrogens is 458 g/mol. The molecule has 0 saturated heterocycles. The van der Waals surface area contributed by atoms with Gasteiger partial charge in [-0.05, 0) is 92.9 Å². The van der Waals surface area contributed by atoms with Crippen molar-refractivity contribution >= 4 is 37.1 Å². The Kier molecular flexibility index (Phi) is 8.24. The van der Waals surface area contributed by atoms with Gasteiger partial charge in [0.2, 0.25) is 0 Å². The highest BCUT2D eigenvalue weighted by atomic mass is 31.1. The lowest BCUT2D eigenvalue weighted by atomic mass is 10.1. The first-order valence-electron chi connectivity index (χ1n) is 12.2. The molecule has 176 valence electrons. The van der Waals surface area contributed by atoms with E-state index in [0.29, 0.717) is 0 Å². The Labute approximate surface area is 214 Å². The summed E-state index contributed by atoms with van der Waals surface area (Å²) >= 11 is 0. The van der Waals surface area contributed by atoms with Gasteiger partial charge in [-0.15, -0.1) is 0 Å². The van der Waals surface area contributed by atoms with E-state index in [-0.39, 0.29) is 0 Å². The van der Waals surface area contributed by atoms with Crippen LogP contribution in [0.15, 0.2) is 84.9 Å². The fourth-order valence-corrected chi connectivity index (χ4v) is 9.69. The van der Waals surface area contributed by atoms with Gasteiger partial charge in [0.05, 0.1) is 0 Å². The standard InChI is InChI=1S/C33H34P2/c1-24-20-26(3)32(27(4)21-24)35(33-28(5)22-25(2)23-29(33)6)19-13-18-34(30-14-9-7-10-15-30)31-16-11-8-12-17-31/h7-12,14-17,20-23H,19H2,1-6H3. The van der Waals surface area contributed by atoms with Crippen molar-refractivity contribution in [1.29, 1.82) is 0 Å². The fraction of sp³-hybridized carbons (Fsp3) is 0.212. The van der Waals surface area contributed by atoms with Crippen LogP contribution in [0.1, 0.15) is 33.4 Å². The average Bonchev–Trinajstić information content (AvgIpc) is 2.81. The van der Waals surface area contributed by atoms with E-state index in [1.165, 1.54) is 54.6 Å². The lowest BCUT2D eigenvalue weighted by Gasteiger charge is -2.25. The molecule has 0 fully saturated rings. The number of hydrogen-bond donors (Lipinski definition) is 0. The summed E-state index contributed by atoms with van der Waals surface area (Å²) in [4.78, 5) is 0. The molecule has 0 spiro atoms. The highest BCUT2D eigenvalue weighted by molar-refractivity contribution is 7.77. The van der Waals surface area contributed by atoms with Crippen molar-refractivity contribution in [2.75, 3.05) is 6.16 Å². The van der Waals surface area contributed by atoms with Crippen LogP contribution in [0.2, 0.25) is 0 Å². The first kappa shape index (κ1) is 25.4.